The highest BCUT2D eigenvalue weighted by Crippen LogP contribution is 2.34. The number of alkyl carbamates (subject to hydrolysis) is 1. The second-order valence-electron chi connectivity index (χ2n) is 8.18. The molecule has 7 nitrogen and oxygen atoms in total. The van der Waals surface area contributed by atoms with Gasteiger partial charge in [0.25, 0.3) is 0 Å². The summed E-state index contributed by atoms with van der Waals surface area (Å²) in [5.74, 6) is -3.51. The van der Waals surface area contributed by atoms with Crippen molar-refractivity contribution in [2.75, 3.05) is 18.0 Å². The molecule has 0 aromatic heterocycles. The summed E-state index contributed by atoms with van der Waals surface area (Å²) in [5.41, 5.74) is -0.610. The van der Waals surface area contributed by atoms with E-state index in [2.05, 4.69) is 5.32 Å². The lowest BCUT2D eigenvalue weighted by molar-refractivity contribution is -0.126. The van der Waals surface area contributed by atoms with Crippen molar-refractivity contribution in [3.05, 3.63) is 29.3 Å². The number of amides is 3. The van der Waals surface area contributed by atoms with Crippen LogP contribution in [0.4, 0.5) is 19.3 Å². The number of hydrogen-bond acceptors (Lipinski definition) is 5. The van der Waals surface area contributed by atoms with Gasteiger partial charge in [0.2, 0.25) is 12.3 Å². The number of rotatable bonds is 10. The molecule has 3 amide bonds. The van der Waals surface area contributed by atoms with E-state index in [1.807, 2.05) is 26.1 Å². The molecule has 1 unspecified atom stereocenters. The maximum atomic E-state index is 14.8. The lowest BCUT2D eigenvalue weighted by Gasteiger charge is -2.49. The van der Waals surface area contributed by atoms with Gasteiger partial charge in [-0.15, -0.1) is 0 Å². The van der Waals surface area contributed by atoms with Crippen LogP contribution in [0.3, 0.4) is 0 Å². The summed E-state index contributed by atoms with van der Waals surface area (Å²) in [7, 11) is 0. The van der Waals surface area contributed by atoms with Crippen LogP contribution in [-0.2, 0) is 14.3 Å². The molecule has 0 spiro atoms. The van der Waals surface area contributed by atoms with Gasteiger partial charge in [0.1, 0.15) is 17.7 Å². The Balaban J connectivity index is 2.10. The summed E-state index contributed by atoms with van der Waals surface area (Å²) in [4.78, 5) is 36.5. The minimum Gasteiger partial charge on any atom is -0.446 e. The van der Waals surface area contributed by atoms with Crippen LogP contribution in [0.15, 0.2) is 12.1 Å². The maximum Gasteiger partial charge on any atom is 0.407 e. The fourth-order valence-electron chi connectivity index (χ4n) is 3.88. The summed E-state index contributed by atoms with van der Waals surface area (Å²) < 4.78 is 35.0. The Kier molecular flexibility index (Phi) is 8.36. The van der Waals surface area contributed by atoms with Gasteiger partial charge in [-0.1, -0.05) is 27.2 Å². The SMILES string of the molecule is CCCC(C(=O)NC=O)c1c(F)cc(N2CC(C)(NC(=O)OC(CC)CC)C2)cc1F. The van der Waals surface area contributed by atoms with E-state index in [4.69, 9.17) is 4.74 Å². The zero-order chi connectivity index (χ0) is 23.2. The average molecular weight is 440 g/mol. The smallest absolute Gasteiger partial charge is 0.407 e. The Morgan fingerprint density at radius 1 is 1.19 bits per heavy atom. The number of nitrogens with zero attached hydrogens (tertiary/aromatic N) is 1. The van der Waals surface area contributed by atoms with Crippen molar-refractivity contribution in [2.24, 2.45) is 0 Å². The topological polar surface area (TPSA) is 87.7 Å². The van der Waals surface area contributed by atoms with E-state index in [0.717, 1.165) is 12.8 Å². The first-order chi connectivity index (χ1) is 14.7. The zero-order valence-electron chi connectivity index (χ0n) is 18.5. The van der Waals surface area contributed by atoms with Gasteiger partial charge in [0, 0.05) is 24.3 Å². The molecule has 1 aliphatic heterocycles. The minimum absolute atomic E-state index is 0.150. The van der Waals surface area contributed by atoms with Crippen molar-refractivity contribution in [1.29, 1.82) is 0 Å². The summed E-state index contributed by atoms with van der Waals surface area (Å²) >= 11 is 0. The van der Waals surface area contributed by atoms with Crippen molar-refractivity contribution in [3.63, 3.8) is 0 Å². The molecule has 31 heavy (non-hydrogen) atoms. The number of imide groups is 1. The van der Waals surface area contributed by atoms with E-state index in [-0.39, 0.29) is 24.5 Å². The number of carbonyl (C=O) groups excluding carboxylic acids is 3. The van der Waals surface area contributed by atoms with Crippen molar-refractivity contribution >= 4 is 24.1 Å². The molecule has 2 N–H and O–H groups in total. The summed E-state index contributed by atoms with van der Waals surface area (Å²) in [6.07, 6.45) is 1.72. The second-order valence-corrected chi connectivity index (χ2v) is 8.18. The standard InChI is InChI=1S/C22H31F2N3O4/c1-5-8-16(20(29)25-13-28)19-17(23)9-14(10-18(19)24)27-11-22(4,12-27)26-21(30)31-15(6-2)7-3/h9-10,13,15-16H,5-8,11-12H2,1-4H3,(H,26,30)(H,25,28,29). The monoisotopic (exact) mass is 439 g/mol. The third-order valence-electron chi connectivity index (χ3n) is 5.54. The Morgan fingerprint density at radius 3 is 2.26 bits per heavy atom. The summed E-state index contributed by atoms with van der Waals surface area (Å²) in [6, 6.07) is 2.36. The number of nitrogens with one attached hydrogen (secondary N) is 2. The van der Waals surface area contributed by atoms with Crippen LogP contribution in [0, 0.1) is 11.6 Å². The second kappa shape index (κ2) is 10.5. The van der Waals surface area contributed by atoms with Gasteiger partial charge in [0.15, 0.2) is 0 Å². The highest BCUT2D eigenvalue weighted by Gasteiger charge is 2.41. The highest BCUT2D eigenvalue weighted by molar-refractivity contribution is 5.91. The van der Waals surface area contributed by atoms with Gasteiger partial charge >= 0.3 is 6.09 Å². The molecule has 1 aromatic rings. The molecule has 1 fully saturated rings. The number of hydrogen-bond donors (Lipinski definition) is 2. The molecule has 172 valence electrons. The quantitative estimate of drug-likeness (QED) is 0.544. The van der Waals surface area contributed by atoms with Gasteiger partial charge in [-0.25, -0.2) is 13.6 Å². The lowest BCUT2D eigenvalue weighted by Crippen LogP contribution is -2.69. The number of benzene rings is 1. The van der Waals surface area contributed by atoms with Gasteiger partial charge in [-0.3, -0.25) is 14.9 Å². The Bertz CT molecular complexity index is 785. The van der Waals surface area contributed by atoms with Crippen molar-refractivity contribution in [3.8, 4) is 0 Å². The van der Waals surface area contributed by atoms with Crippen LogP contribution in [0.2, 0.25) is 0 Å². The van der Waals surface area contributed by atoms with E-state index in [0.29, 0.717) is 25.2 Å². The number of ether oxygens (including phenoxy) is 1. The predicted octanol–water partition coefficient (Wildman–Crippen LogP) is 3.61. The van der Waals surface area contributed by atoms with Crippen LogP contribution in [0.5, 0.6) is 0 Å². The molecule has 1 heterocycles. The highest BCUT2D eigenvalue weighted by atomic mass is 19.1. The van der Waals surface area contributed by atoms with E-state index < -0.39 is 35.1 Å². The Hall–Kier alpha value is -2.71. The summed E-state index contributed by atoms with van der Waals surface area (Å²) in [5, 5.41) is 4.80. The molecule has 0 radical (unpaired) electrons. The largest absolute Gasteiger partial charge is 0.446 e. The van der Waals surface area contributed by atoms with Crippen molar-refractivity contribution in [1.82, 2.24) is 10.6 Å². The van der Waals surface area contributed by atoms with Crippen molar-refractivity contribution in [2.45, 2.75) is 70.9 Å². The van der Waals surface area contributed by atoms with Crippen LogP contribution in [0.25, 0.3) is 0 Å². The van der Waals surface area contributed by atoms with Gasteiger partial charge in [-0.2, -0.15) is 0 Å². The minimum atomic E-state index is -1.09. The van der Waals surface area contributed by atoms with Gasteiger partial charge in [0.05, 0.1) is 11.5 Å². The number of halogens is 2. The lowest BCUT2D eigenvalue weighted by atomic mass is 9.89. The van der Waals surface area contributed by atoms with E-state index >= 15 is 0 Å². The first-order valence-corrected chi connectivity index (χ1v) is 10.6. The molecule has 2 rings (SSSR count). The van der Waals surface area contributed by atoms with Crippen LogP contribution in [-0.4, -0.2) is 43.1 Å². The first-order valence-electron chi connectivity index (χ1n) is 10.6. The third kappa shape index (κ3) is 5.92. The molecular formula is C22H31F2N3O4. The molecule has 0 aliphatic carbocycles. The molecule has 1 aliphatic rings. The normalized spacial score (nSPS) is 15.8. The van der Waals surface area contributed by atoms with E-state index in [1.54, 1.807) is 11.8 Å². The van der Waals surface area contributed by atoms with Gasteiger partial charge < -0.3 is 15.0 Å². The average Bonchev–Trinajstić information content (AvgIpc) is 2.68. The van der Waals surface area contributed by atoms with Gasteiger partial charge in [-0.05, 0) is 38.3 Å². The molecule has 1 aromatic carbocycles. The molecule has 1 saturated heterocycles. The number of anilines is 1. The fourth-order valence-corrected chi connectivity index (χ4v) is 3.88. The Labute approximate surface area is 181 Å². The fraction of sp³-hybridized carbons (Fsp3) is 0.591. The molecule has 9 heteroatoms. The van der Waals surface area contributed by atoms with E-state index in [9.17, 15) is 23.2 Å². The van der Waals surface area contributed by atoms with Crippen LogP contribution in [0.1, 0.15) is 64.9 Å². The summed E-state index contributed by atoms with van der Waals surface area (Å²) in [6.45, 7) is 8.21. The molecular weight excluding hydrogens is 408 g/mol. The van der Waals surface area contributed by atoms with Crippen molar-refractivity contribution < 1.29 is 27.9 Å². The Morgan fingerprint density at radius 2 is 1.77 bits per heavy atom. The first kappa shape index (κ1) is 24.6. The third-order valence-corrected chi connectivity index (χ3v) is 5.54. The molecule has 0 saturated carbocycles. The number of carbonyl (C=O) groups is 3. The van der Waals surface area contributed by atoms with Crippen LogP contribution >= 0.6 is 0 Å². The maximum absolute atomic E-state index is 14.8. The molecule has 1 atom stereocenters. The predicted molar refractivity (Wildman–Crippen MR) is 113 cm³/mol. The zero-order valence-corrected chi connectivity index (χ0v) is 18.5. The van der Waals surface area contributed by atoms with E-state index in [1.165, 1.54) is 12.1 Å². The molecule has 0 bridgehead atoms. The van der Waals surface area contributed by atoms with Crippen LogP contribution < -0.4 is 15.5 Å².